The molecule has 2 N–H and O–H groups in total. The molecule has 6 heteroatoms. The van der Waals surface area contributed by atoms with Gasteiger partial charge in [0.1, 0.15) is 0 Å². The fourth-order valence-electron chi connectivity index (χ4n) is 1.52. The first-order valence-corrected chi connectivity index (χ1v) is 6.77. The lowest BCUT2D eigenvalue weighted by molar-refractivity contribution is 1.04. The molecule has 98 valence electrons. The Balaban J connectivity index is 2.17. The summed E-state index contributed by atoms with van der Waals surface area (Å²) >= 11 is 2.25. The molecular weight excluding hydrogens is 355 g/mol. The molecule has 0 radical (unpaired) electrons. The van der Waals surface area contributed by atoms with Crippen LogP contribution in [0.25, 0.3) is 0 Å². The van der Waals surface area contributed by atoms with Gasteiger partial charge in [0, 0.05) is 15.3 Å². The van der Waals surface area contributed by atoms with E-state index in [2.05, 4.69) is 43.1 Å². The van der Waals surface area contributed by atoms with Crippen LogP contribution in [0.15, 0.2) is 40.2 Å². The van der Waals surface area contributed by atoms with Crippen molar-refractivity contribution in [3.63, 3.8) is 0 Å². The van der Waals surface area contributed by atoms with Crippen molar-refractivity contribution in [1.29, 1.82) is 0 Å². The van der Waals surface area contributed by atoms with Gasteiger partial charge in [0.2, 0.25) is 5.95 Å². The summed E-state index contributed by atoms with van der Waals surface area (Å²) in [5, 5.41) is 4.21. The number of aromatic amines is 1. The van der Waals surface area contributed by atoms with Crippen LogP contribution in [0.3, 0.4) is 0 Å². The van der Waals surface area contributed by atoms with Crippen LogP contribution in [0.5, 0.6) is 0 Å². The Kier molecular flexibility index (Phi) is 4.31. The molecule has 2 rings (SSSR count). The lowest BCUT2D eigenvalue weighted by Gasteiger charge is -2.03. The van der Waals surface area contributed by atoms with Gasteiger partial charge in [-0.05, 0) is 54.1 Å². The molecule has 0 atom stereocenters. The predicted octanol–water partition coefficient (Wildman–Crippen LogP) is 2.52. The maximum absolute atomic E-state index is 11.3. The number of anilines is 1. The second-order valence-electron chi connectivity index (χ2n) is 4.05. The number of aromatic nitrogens is 2. The second-order valence-corrected chi connectivity index (χ2v) is 5.30. The molecule has 0 fully saturated rings. The predicted molar refractivity (Wildman–Crippen MR) is 84.6 cm³/mol. The number of nitrogens with zero attached hydrogens (tertiary/aromatic N) is 2. The highest BCUT2D eigenvalue weighted by molar-refractivity contribution is 14.1. The Morgan fingerprint density at radius 3 is 2.68 bits per heavy atom. The molecular formula is C13H13IN4O. The van der Waals surface area contributed by atoms with Gasteiger partial charge in [-0.25, -0.2) is 10.4 Å². The minimum absolute atomic E-state index is 0.197. The van der Waals surface area contributed by atoms with Gasteiger partial charge >= 0.3 is 0 Å². The van der Waals surface area contributed by atoms with Crippen molar-refractivity contribution in [2.45, 2.75) is 13.8 Å². The quantitative estimate of drug-likeness (QED) is 0.497. The number of H-pyrrole nitrogens is 1. The normalized spacial score (nSPS) is 11.4. The lowest BCUT2D eigenvalue weighted by Crippen LogP contribution is -2.11. The van der Waals surface area contributed by atoms with Crippen molar-refractivity contribution in [1.82, 2.24) is 9.97 Å². The van der Waals surface area contributed by atoms with Crippen molar-refractivity contribution in [3.05, 3.63) is 55.5 Å². The molecule has 0 spiro atoms. The summed E-state index contributed by atoms with van der Waals surface area (Å²) in [7, 11) is 0. The highest BCUT2D eigenvalue weighted by atomic mass is 127. The van der Waals surface area contributed by atoms with Crippen molar-refractivity contribution < 1.29 is 0 Å². The van der Waals surface area contributed by atoms with E-state index in [1.807, 2.05) is 31.2 Å². The fourth-order valence-corrected chi connectivity index (χ4v) is 1.88. The van der Waals surface area contributed by atoms with Crippen molar-refractivity contribution in [2.75, 3.05) is 5.43 Å². The molecule has 0 saturated heterocycles. The molecule has 0 unspecified atom stereocenters. The van der Waals surface area contributed by atoms with E-state index < -0.39 is 0 Å². The molecule has 5 nitrogen and oxygen atoms in total. The van der Waals surface area contributed by atoms with Crippen LogP contribution in [0.4, 0.5) is 5.95 Å². The molecule has 0 aliphatic heterocycles. The number of hydrogen-bond donors (Lipinski definition) is 2. The molecule has 1 aromatic heterocycles. The van der Waals surface area contributed by atoms with E-state index in [1.54, 1.807) is 6.92 Å². The lowest BCUT2D eigenvalue weighted by atomic mass is 10.1. The number of benzene rings is 1. The van der Waals surface area contributed by atoms with Crippen LogP contribution in [-0.4, -0.2) is 15.7 Å². The highest BCUT2D eigenvalue weighted by Crippen LogP contribution is 2.08. The van der Waals surface area contributed by atoms with Crippen LogP contribution in [0.1, 0.15) is 18.2 Å². The van der Waals surface area contributed by atoms with Crippen LogP contribution in [0, 0.1) is 10.5 Å². The topological polar surface area (TPSA) is 70.1 Å². The van der Waals surface area contributed by atoms with Gasteiger partial charge in [-0.15, -0.1) is 0 Å². The maximum atomic E-state index is 11.3. The number of nitrogens with one attached hydrogen (secondary N) is 2. The molecule has 19 heavy (non-hydrogen) atoms. The van der Waals surface area contributed by atoms with E-state index in [1.165, 1.54) is 9.64 Å². The van der Waals surface area contributed by atoms with E-state index >= 15 is 0 Å². The summed E-state index contributed by atoms with van der Waals surface area (Å²) in [4.78, 5) is 18.0. The van der Waals surface area contributed by atoms with Gasteiger partial charge in [0.15, 0.2) is 0 Å². The number of rotatable bonds is 3. The Labute approximate surface area is 124 Å². The monoisotopic (exact) mass is 368 g/mol. The molecule has 0 aliphatic rings. The van der Waals surface area contributed by atoms with Crippen molar-refractivity contribution in [3.8, 4) is 0 Å². The van der Waals surface area contributed by atoms with Crippen LogP contribution < -0.4 is 11.0 Å². The van der Waals surface area contributed by atoms with Gasteiger partial charge in [-0.2, -0.15) is 5.10 Å². The molecule has 1 aromatic carbocycles. The van der Waals surface area contributed by atoms with Gasteiger partial charge < -0.3 is 0 Å². The third kappa shape index (κ3) is 3.88. The molecule has 0 amide bonds. The van der Waals surface area contributed by atoms with E-state index in [9.17, 15) is 4.79 Å². The molecule has 2 aromatic rings. The summed E-state index contributed by atoms with van der Waals surface area (Å²) in [6.45, 7) is 3.65. The Morgan fingerprint density at radius 1 is 1.37 bits per heavy atom. The fraction of sp³-hybridized carbons (Fsp3) is 0.154. The zero-order chi connectivity index (χ0) is 13.8. The van der Waals surface area contributed by atoms with Gasteiger partial charge in [0.25, 0.3) is 5.56 Å². The van der Waals surface area contributed by atoms with Gasteiger partial charge in [-0.3, -0.25) is 9.78 Å². The zero-order valence-electron chi connectivity index (χ0n) is 10.6. The summed E-state index contributed by atoms with van der Waals surface area (Å²) in [6.07, 6.45) is 0. The standard InChI is InChI=1S/C13H13IN4O/c1-8-7-12(19)16-13(15-8)18-17-9(2)10-3-5-11(14)6-4-10/h3-7H,1-2H3,(H2,15,16,18,19). The van der Waals surface area contributed by atoms with Gasteiger partial charge in [0.05, 0.1) is 5.71 Å². The molecule has 0 bridgehead atoms. The van der Waals surface area contributed by atoms with Gasteiger partial charge in [-0.1, -0.05) is 12.1 Å². The number of hydrazone groups is 1. The Hall–Kier alpha value is -1.70. The van der Waals surface area contributed by atoms with E-state index in [-0.39, 0.29) is 5.56 Å². The van der Waals surface area contributed by atoms with Crippen molar-refractivity contribution >= 4 is 34.3 Å². The first kappa shape index (κ1) is 13.7. The van der Waals surface area contributed by atoms with E-state index in [0.29, 0.717) is 11.6 Å². The zero-order valence-corrected chi connectivity index (χ0v) is 12.7. The highest BCUT2D eigenvalue weighted by Gasteiger charge is 1.99. The molecule has 0 saturated carbocycles. The largest absolute Gasteiger partial charge is 0.291 e. The van der Waals surface area contributed by atoms with Crippen molar-refractivity contribution in [2.24, 2.45) is 5.10 Å². The number of halogens is 1. The minimum Gasteiger partial charge on any atom is -0.291 e. The van der Waals surface area contributed by atoms with Crippen LogP contribution in [0.2, 0.25) is 0 Å². The van der Waals surface area contributed by atoms with E-state index in [4.69, 9.17) is 0 Å². The second kappa shape index (κ2) is 5.96. The molecule has 0 aliphatic carbocycles. The first-order valence-electron chi connectivity index (χ1n) is 5.69. The third-order valence-corrected chi connectivity index (χ3v) is 3.18. The minimum atomic E-state index is -0.197. The third-order valence-electron chi connectivity index (χ3n) is 2.46. The molecule has 1 heterocycles. The number of hydrogen-bond acceptors (Lipinski definition) is 4. The summed E-state index contributed by atoms with van der Waals surface area (Å²) in [5.74, 6) is 0.342. The SMILES string of the molecule is CC(=NNc1nc(C)cc(=O)[nH]1)c1ccc(I)cc1. The number of aryl methyl sites for hydroxylation is 1. The first-order chi connectivity index (χ1) is 9.04. The Morgan fingerprint density at radius 2 is 2.05 bits per heavy atom. The smallest absolute Gasteiger partial charge is 0.252 e. The van der Waals surface area contributed by atoms with E-state index in [0.717, 1.165) is 11.3 Å². The van der Waals surface area contributed by atoms with Crippen LogP contribution >= 0.6 is 22.6 Å². The summed E-state index contributed by atoms with van der Waals surface area (Å²) in [6, 6.07) is 9.45. The average molecular weight is 368 g/mol. The maximum Gasteiger partial charge on any atom is 0.252 e. The van der Waals surface area contributed by atoms with Crippen LogP contribution in [-0.2, 0) is 0 Å². The average Bonchev–Trinajstić information content (AvgIpc) is 2.36. The summed E-state index contributed by atoms with van der Waals surface area (Å²) < 4.78 is 1.17. The Bertz CT molecular complexity index is 661. The summed E-state index contributed by atoms with van der Waals surface area (Å²) in [5.41, 5.74) is 5.04.